The molecular formula is C15H16F3N3O2S. The predicted octanol–water partition coefficient (Wildman–Crippen LogP) is 3.28. The van der Waals surface area contributed by atoms with Crippen LogP contribution in [0.1, 0.15) is 11.8 Å². The van der Waals surface area contributed by atoms with E-state index in [1.54, 1.807) is 19.1 Å². The zero-order valence-corrected chi connectivity index (χ0v) is 13.5. The molecule has 2 rings (SSSR count). The number of ether oxygens (including phenoxy) is 1. The van der Waals surface area contributed by atoms with Crippen molar-refractivity contribution in [2.24, 2.45) is 10.7 Å². The quantitative estimate of drug-likeness (QED) is 0.565. The van der Waals surface area contributed by atoms with Gasteiger partial charge in [-0.15, -0.1) is 24.5 Å². The standard InChI is InChI=1S/C15H16F3N3O2S/c1-14(22,12-7-4-8-24-12)9-20-13(19)21-10-5-2-3-6-11(10)23-15(16,17)18/h2-8,22H,9H2,1H3,(H3,19,20,21). The second kappa shape index (κ2) is 7.10. The molecule has 9 heteroatoms. The van der Waals surface area contributed by atoms with Crippen molar-refractivity contribution < 1.29 is 23.0 Å². The van der Waals surface area contributed by atoms with Crippen molar-refractivity contribution in [2.75, 3.05) is 11.9 Å². The summed E-state index contributed by atoms with van der Waals surface area (Å²) in [7, 11) is 0. The van der Waals surface area contributed by atoms with E-state index in [1.807, 2.05) is 5.38 Å². The van der Waals surface area contributed by atoms with E-state index < -0.39 is 17.7 Å². The summed E-state index contributed by atoms with van der Waals surface area (Å²) < 4.78 is 41.0. The van der Waals surface area contributed by atoms with Crippen molar-refractivity contribution in [1.29, 1.82) is 0 Å². The van der Waals surface area contributed by atoms with Gasteiger partial charge in [0.1, 0.15) is 5.60 Å². The number of rotatable bonds is 5. The minimum Gasteiger partial charge on any atom is -0.404 e. The first-order chi connectivity index (χ1) is 11.2. The lowest BCUT2D eigenvalue weighted by Crippen LogP contribution is -2.29. The number of hydrogen-bond donors (Lipinski definition) is 3. The van der Waals surface area contributed by atoms with Crippen molar-refractivity contribution in [3.63, 3.8) is 0 Å². The summed E-state index contributed by atoms with van der Waals surface area (Å²) in [5, 5.41) is 14.7. The highest BCUT2D eigenvalue weighted by molar-refractivity contribution is 7.10. The number of alkyl halides is 3. The molecule has 1 atom stereocenters. The number of nitrogens with one attached hydrogen (secondary N) is 1. The molecule has 130 valence electrons. The Bertz CT molecular complexity index is 700. The minimum absolute atomic E-state index is 0.0202. The van der Waals surface area contributed by atoms with Gasteiger partial charge in [-0.1, -0.05) is 18.2 Å². The lowest BCUT2D eigenvalue weighted by molar-refractivity contribution is -0.274. The molecule has 0 aliphatic heterocycles. The third-order valence-corrected chi connectivity index (χ3v) is 4.11. The van der Waals surface area contributed by atoms with Crippen molar-refractivity contribution in [3.05, 3.63) is 46.7 Å². The fourth-order valence-corrected chi connectivity index (χ4v) is 2.64. The normalized spacial score (nSPS) is 15.0. The van der Waals surface area contributed by atoms with E-state index in [1.165, 1.54) is 29.5 Å². The predicted molar refractivity (Wildman–Crippen MR) is 87.1 cm³/mol. The monoisotopic (exact) mass is 359 g/mol. The highest BCUT2D eigenvalue weighted by Gasteiger charge is 2.32. The average molecular weight is 359 g/mol. The molecule has 0 aliphatic rings. The zero-order valence-electron chi connectivity index (χ0n) is 12.7. The van der Waals surface area contributed by atoms with E-state index in [4.69, 9.17) is 5.73 Å². The Hall–Kier alpha value is -2.26. The fourth-order valence-electron chi connectivity index (χ4n) is 1.86. The zero-order chi connectivity index (χ0) is 17.8. The third kappa shape index (κ3) is 5.14. The summed E-state index contributed by atoms with van der Waals surface area (Å²) in [6.07, 6.45) is -4.81. The molecule has 0 spiro atoms. The van der Waals surface area contributed by atoms with Gasteiger partial charge >= 0.3 is 6.36 Å². The summed E-state index contributed by atoms with van der Waals surface area (Å²) in [6, 6.07) is 9.02. The van der Waals surface area contributed by atoms with Gasteiger partial charge in [-0.25, -0.2) is 4.99 Å². The van der Waals surface area contributed by atoms with Gasteiger partial charge in [0.2, 0.25) is 0 Å². The van der Waals surface area contributed by atoms with Crippen LogP contribution in [0.15, 0.2) is 46.8 Å². The van der Waals surface area contributed by atoms with Gasteiger partial charge in [-0.3, -0.25) is 0 Å². The summed E-state index contributed by atoms with van der Waals surface area (Å²) in [5.41, 5.74) is 4.49. The first-order valence-corrected chi connectivity index (χ1v) is 7.73. The molecule has 0 saturated heterocycles. The van der Waals surface area contributed by atoms with E-state index in [0.29, 0.717) is 4.88 Å². The number of guanidine groups is 1. The molecular weight excluding hydrogens is 343 g/mol. The Morgan fingerprint density at radius 3 is 2.62 bits per heavy atom. The minimum atomic E-state index is -4.81. The lowest BCUT2D eigenvalue weighted by Gasteiger charge is -2.20. The van der Waals surface area contributed by atoms with Crippen molar-refractivity contribution >= 4 is 23.0 Å². The Balaban J connectivity index is 2.08. The molecule has 24 heavy (non-hydrogen) atoms. The molecule has 5 nitrogen and oxygen atoms in total. The SMILES string of the molecule is CC(O)(CN=C(N)Nc1ccccc1OC(F)(F)F)c1cccs1. The molecule has 0 fully saturated rings. The second-order valence-corrected chi connectivity index (χ2v) is 6.07. The molecule has 0 bridgehead atoms. The third-order valence-electron chi connectivity index (χ3n) is 2.98. The number of aliphatic imine (C=N–C) groups is 1. The van der Waals surface area contributed by atoms with Gasteiger partial charge in [0.05, 0.1) is 12.2 Å². The van der Waals surface area contributed by atoms with E-state index in [-0.39, 0.29) is 18.2 Å². The van der Waals surface area contributed by atoms with E-state index in [0.717, 1.165) is 6.07 Å². The number of para-hydroxylation sites is 2. The number of hydrogen-bond acceptors (Lipinski definition) is 4. The van der Waals surface area contributed by atoms with Gasteiger partial charge in [0.15, 0.2) is 11.7 Å². The topological polar surface area (TPSA) is 79.9 Å². The molecule has 1 unspecified atom stereocenters. The van der Waals surface area contributed by atoms with Crippen LogP contribution in [0.4, 0.5) is 18.9 Å². The number of benzene rings is 1. The number of nitrogens with zero attached hydrogens (tertiary/aromatic N) is 1. The van der Waals surface area contributed by atoms with Crippen LogP contribution in [0.25, 0.3) is 0 Å². The highest BCUT2D eigenvalue weighted by atomic mass is 32.1. The number of nitrogens with two attached hydrogens (primary N) is 1. The maximum absolute atomic E-state index is 12.4. The summed E-state index contributed by atoms with van der Waals surface area (Å²) >= 11 is 1.37. The molecule has 0 aliphatic carbocycles. The van der Waals surface area contributed by atoms with Gasteiger partial charge in [0.25, 0.3) is 0 Å². The average Bonchev–Trinajstić information content (AvgIpc) is 3.01. The maximum atomic E-state index is 12.4. The molecule has 0 saturated carbocycles. The lowest BCUT2D eigenvalue weighted by atomic mass is 10.1. The summed E-state index contributed by atoms with van der Waals surface area (Å²) in [6.45, 7) is 1.53. The van der Waals surface area contributed by atoms with Crippen LogP contribution in [0, 0.1) is 0 Å². The van der Waals surface area contributed by atoms with Crippen LogP contribution >= 0.6 is 11.3 Å². The second-order valence-electron chi connectivity index (χ2n) is 5.12. The van der Waals surface area contributed by atoms with Crippen molar-refractivity contribution in [3.8, 4) is 5.75 Å². The summed E-state index contributed by atoms with van der Waals surface area (Å²) in [5.74, 6) is -0.557. The van der Waals surface area contributed by atoms with Crippen molar-refractivity contribution in [1.82, 2.24) is 0 Å². The van der Waals surface area contributed by atoms with E-state index >= 15 is 0 Å². The first-order valence-electron chi connectivity index (χ1n) is 6.85. The van der Waals surface area contributed by atoms with E-state index in [9.17, 15) is 18.3 Å². The number of thiophene rings is 1. The Labute approximate surface area is 140 Å². The van der Waals surface area contributed by atoms with Crippen LogP contribution in [-0.2, 0) is 5.60 Å². The Morgan fingerprint density at radius 2 is 2.00 bits per heavy atom. The van der Waals surface area contributed by atoms with Crippen LogP contribution in [0.3, 0.4) is 0 Å². The Morgan fingerprint density at radius 1 is 1.29 bits per heavy atom. The Kier molecular flexibility index (Phi) is 5.35. The fraction of sp³-hybridized carbons (Fsp3) is 0.267. The molecule has 1 aromatic carbocycles. The highest BCUT2D eigenvalue weighted by Crippen LogP contribution is 2.30. The number of aliphatic hydroxyl groups is 1. The molecule has 0 amide bonds. The van der Waals surface area contributed by atoms with Crippen LogP contribution in [-0.4, -0.2) is 24.0 Å². The van der Waals surface area contributed by atoms with Gasteiger partial charge in [0, 0.05) is 4.88 Å². The van der Waals surface area contributed by atoms with Crippen LogP contribution in [0.5, 0.6) is 5.75 Å². The molecule has 1 heterocycles. The van der Waals surface area contributed by atoms with Crippen molar-refractivity contribution in [2.45, 2.75) is 18.9 Å². The maximum Gasteiger partial charge on any atom is 0.573 e. The van der Waals surface area contributed by atoms with Gasteiger partial charge in [-0.2, -0.15) is 0 Å². The van der Waals surface area contributed by atoms with E-state index in [2.05, 4.69) is 15.0 Å². The first kappa shape index (κ1) is 18.1. The van der Waals surface area contributed by atoms with Gasteiger partial charge in [-0.05, 0) is 30.5 Å². The van der Waals surface area contributed by atoms with Crippen LogP contribution in [0.2, 0.25) is 0 Å². The number of anilines is 1. The molecule has 0 radical (unpaired) electrons. The molecule has 2 aromatic rings. The number of halogens is 3. The summed E-state index contributed by atoms with van der Waals surface area (Å²) in [4.78, 5) is 4.70. The molecule has 1 aromatic heterocycles. The van der Waals surface area contributed by atoms with Gasteiger partial charge < -0.3 is 20.9 Å². The molecule has 4 N–H and O–H groups in total. The van der Waals surface area contributed by atoms with Crippen LogP contribution < -0.4 is 15.8 Å². The largest absolute Gasteiger partial charge is 0.573 e. The smallest absolute Gasteiger partial charge is 0.404 e.